The smallest absolute Gasteiger partial charge is 0.325 e. The molecular formula is C16H16N6O4S. The minimum Gasteiger partial charge on any atom is -0.497 e. The summed E-state index contributed by atoms with van der Waals surface area (Å²) in [7, 11) is 1.57. The molecule has 2 aromatic heterocycles. The number of nitrogens with zero attached hydrogens (tertiary/aromatic N) is 3. The second kappa shape index (κ2) is 7.91. The molecular weight excluding hydrogens is 372 g/mol. The van der Waals surface area contributed by atoms with E-state index in [1.807, 2.05) is 0 Å². The molecule has 0 bridgehead atoms. The van der Waals surface area contributed by atoms with Crippen molar-refractivity contribution in [1.82, 2.24) is 24.7 Å². The number of primary amides is 1. The number of rotatable bonds is 7. The Morgan fingerprint density at radius 3 is 2.59 bits per heavy atom. The van der Waals surface area contributed by atoms with Crippen LogP contribution >= 0.6 is 11.8 Å². The van der Waals surface area contributed by atoms with Gasteiger partial charge < -0.3 is 15.5 Å². The second-order valence-electron chi connectivity index (χ2n) is 5.48. The van der Waals surface area contributed by atoms with Crippen LogP contribution in [0.25, 0.3) is 5.69 Å². The summed E-state index contributed by atoms with van der Waals surface area (Å²) in [6.45, 7) is 0. The lowest BCUT2D eigenvalue weighted by molar-refractivity contribution is -0.115. The summed E-state index contributed by atoms with van der Waals surface area (Å²) < 4.78 is 6.89. The zero-order valence-electron chi connectivity index (χ0n) is 14.3. The summed E-state index contributed by atoms with van der Waals surface area (Å²) >= 11 is 1.14. The third-order valence-corrected chi connectivity index (χ3v) is 4.49. The number of methoxy groups -OCH3 is 1. The summed E-state index contributed by atoms with van der Waals surface area (Å²) in [5, 5.41) is 8.71. The first-order valence-electron chi connectivity index (χ1n) is 7.78. The minimum atomic E-state index is -0.601. The number of benzene rings is 1. The highest BCUT2D eigenvalue weighted by Crippen LogP contribution is 2.24. The predicted octanol–water partition coefficient (Wildman–Crippen LogP) is -0.179. The number of thioether (sulfide) groups is 1. The van der Waals surface area contributed by atoms with Gasteiger partial charge in [0.15, 0.2) is 5.16 Å². The van der Waals surface area contributed by atoms with Crippen molar-refractivity contribution < 1.29 is 9.53 Å². The van der Waals surface area contributed by atoms with E-state index in [9.17, 15) is 14.4 Å². The van der Waals surface area contributed by atoms with Gasteiger partial charge in [-0.1, -0.05) is 11.8 Å². The molecule has 0 atom stereocenters. The lowest BCUT2D eigenvalue weighted by Crippen LogP contribution is -2.23. The van der Waals surface area contributed by atoms with E-state index in [4.69, 9.17) is 10.5 Å². The quantitative estimate of drug-likeness (QED) is 0.475. The van der Waals surface area contributed by atoms with Crippen LogP contribution in [0.1, 0.15) is 11.5 Å². The minimum absolute atomic E-state index is 0.0378. The molecule has 3 rings (SSSR count). The van der Waals surface area contributed by atoms with Gasteiger partial charge in [-0.3, -0.25) is 19.1 Å². The number of amides is 1. The highest BCUT2D eigenvalue weighted by molar-refractivity contribution is 7.99. The summed E-state index contributed by atoms with van der Waals surface area (Å²) in [6.07, 6.45) is 0.162. The van der Waals surface area contributed by atoms with Crippen LogP contribution in [0.5, 0.6) is 5.75 Å². The van der Waals surface area contributed by atoms with Crippen molar-refractivity contribution in [3.63, 3.8) is 0 Å². The zero-order chi connectivity index (χ0) is 19.4. The predicted molar refractivity (Wildman–Crippen MR) is 98.3 cm³/mol. The molecule has 0 saturated heterocycles. The number of nitrogens with two attached hydrogens (primary N) is 1. The maximum absolute atomic E-state index is 11.5. The van der Waals surface area contributed by atoms with Crippen LogP contribution in [0, 0.1) is 0 Å². The second-order valence-corrected chi connectivity index (χ2v) is 6.42. The molecule has 2 heterocycles. The van der Waals surface area contributed by atoms with Gasteiger partial charge in [0.2, 0.25) is 5.91 Å². The molecule has 0 saturated carbocycles. The number of carbonyl (C=O) groups excluding carboxylic acids is 1. The number of carbonyl (C=O) groups is 1. The van der Waals surface area contributed by atoms with Gasteiger partial charge in [-0.25, -0.2) is 4.79 Å². The van der Waals surface area contributed by atoms with E-state index in [0.29, 0.717) is 22.4 Å². The Labute approximate surface area is 156 Å². The molecule has 140 valence electrons. The molecule has 0 unspecified atom stereocenters. The van der Waals surface area contributed by atoms with Crippen LogP contribution in [0.2, 0.25) is 0 Å². The summed E-state index contributed by atoms with van der Waals surface area (Å²) in [5.41, 5.74) is 5.23. The molecule has 0 spiro atoms. The van der Waals surface area contributed by atoms with E-state index >= 15 is 0 Å². The molecule has 0 radical (unpaired) electrons. The van der Waals surface area contributed by atoms with Gasteiger partial charge in [0, 0.05) is 23.9 Å². The molecule has 0 fully saturated rings. The van der Waals surface area contributed by atoms with Crippen LogP contribution < -0.4 is 21.7 Å². The highest BCUT2D eigenvalue weighted by atomic mass is 32.2. The summed E-state index contributed by atoms with van der Waals surface area (Å²) in [5.74, 6) is 0.715. The fraction of sp³-hybridized carbons (Fsp3) is 0.188. The number of aromatic amines is 2. The van der Waals surface area contributed by atoms with Crippen molar-refractivity contribution in [2.75, 3.05) is 12.9 Å². The van der Waals surface area contributed by atoms with Crippen molar-refractivity contribution in [3.8, 4) is 11.4 Å². The van der Waals surface area contributed by atoms with E-state index in [0.717, 1.165) is 17.4 Å². The molecule has 11 heteroatoms. The molecule has 10 nitrogen and oxygen atoms in total. The Morgan fingerprint density at radius 1 is 1.22 bits per heavy atom. The van der Waals surface area contributed by atoms with E-state index in [1.165, 1.54) is 6.07 Å². The van der Waals surface area contributed by atoms with Gasteiger partial charge in [0.05, 0.1) is 12.9 Å². The SMILES string of the molecule is COc1ccc(-n2c(Cc3cc(=O)[nH]c(=O)[nH]3)nnc2SCC(N)=O)cc1. The molecule has 0 aliphatic rings. The Kier molecular flexibility index (Phi) is 5.41. The average Bonchev–Trinajstić information content (AvgIpc) is 3.01. The standard InChI is InChI=1S/C16H16N6O4S/c1-26-11-4-2-10(3-5-11)22-13(20-21-16(22)27-8-12(17)23)6-9-7-14(24)19-15(25)18-9/h2-5,7H,6,8H2,1H3,(H2,17,23)(H2,18,19,24,25). The largest absolute Gasteiger partial charge is 0.497 e. The third-order valence-electron chi connectivity index (χ3n) is 3.54. The first kappa shape index (κ1) is 18.5. The van der Waals surface area contributed by atoms with Crippen molar-refractivity contribution in [2.45, 2.75) is 11.6 Å². The zero-order valence-corrected chi connectivity index (χ0v) is 15.1. The van der Waals surface area contributed by atoms with Crippen molar-refractivity contribution in [3.05, 3.63) is 62.7 Å². The highest BCUT2D eigenvalue weighted by Gasteiger charge is 2.16. The van der Waals surface area contributed by atoms with Gasteiger partial charge in [-0.05, 0) is 24.3 Å². The van der Waals surface area contributed by atoms with Gasteiger partial charge in [-0.15, -0.1) is 10.2 Å². The van der Waals surface area contributed by atoms with Crippen LogP contribution in [-0.2, 0) is 11.2 Å². The number of ether oxygens (including phenoxy) is 1. The summed E-state index contributed by atoms with van der Waals surface area (Å²) in [4.78, 5) is 38.8. The fourth-order valence-electron chi connectivity index (χ4n) is 2.42. The van der Waals surface area contributed by atoms with E-state index < -0.39 is 17.2 Å². The molecule has 1 amide bonds. The Hall–Kier alpha value is -3.34. The van der Waals surface area contributed by atoms with Crippen molar-refractivity contribution in [2.24, 2.45) is 5.73 Å². The molecule has 27 heavy (non-hydrogen) atoms. The Morgan fingerprint density at radius 2 is 1.96 bits per heavy atom. The van der Waals surface area contributed by atoms with E-state index in [1.54, 1.807) is 35.9 Å². The van der Waals surface area contributed by atoms with E-state index in [2.05, 4.69) is 20.2 Å². The van der Waals surface area contributed by atoms with Crippen LogP contribution in [0.15, 0.2) is 45.1 Å². The van der Waals surface area contributed by atoms with Gasteiger partial charge >= 0.3 is 5.69 Å². The topological polar surface area (TPSA) is 149 Å². The molecule has 0 aliphatic heterocycles. The number of hydrogen-bond donors (Lipinski definition) is 3. The van der Waals surface area contributed by atoms with Crippen LogP contribution in [0.3, 0.4) is 0 Å². The maximum atomic E-state index is 11.5. The van der Waals surface area contributed by atoms with Crippen molar-refractivity contribution in [1.29, 1.82) is 0 Å². The van der Waals surface area contributed by atoms with Crippen LogP contribution in [0.4, 0.5) is 0 Å². The first-order chi connectivity index (χ1) is 13.0. The lowest BCUT2D eigenvalue weighted by atomic mass is 10.2. The number of aromatic nitrogens is 5. The average molecular weight is 388 g/mol. The molecule has 0 aliphatic carbocycles. The van der Waals surface area contributed by atoms with Crippen molar-refractivity contribution >= 4 is 17.7 Å². The molecule has 4 N–H and O–H groups in total. The van der Waals surface area contributed by atoms with Crippen LogP contribution in [-0.4, -0.2) is 43.5 Å². The number of H-pyrrole nitrogens is 2. The number of nitrogens with one attached hydrogen (secondary N) is 2. The molecule has 3 aromatic rings. The Balaban J connectivity index is 2.02. The normalized spacial score (nSPS) is 10.7. The van der Waals surface area contributed by atoms with E-state index in [-0.39, 0.29) is 12.2 Å². The van der Waals surface area contributed by atoms with Gasteiger partial charge in [-0.2, -0.15) is 0 Å². The lowest BCUT2D eigenvalue weighted by Gasteiger charge is -2.10. The number of hydrogen-bond acceptors (Lipinski definition) is 7. The third kappa shape index (κ3) is 4.44. The maximum Gasteiger partial charge on any atom is 0.325 e. The molecule has 1 aromatic carbocycles. The Bertz CT molecular complexity index is 1040. The van der Waals surface area contributed by atoms with Gasteiger partial charge in [0.1, 0.15) is 11.6 Å². The fourth-order valence-corrected chi connectivity index (χ4v) is 3.13. The summed E-state index contributed by atoms with van der Waals surface area (Å²) in [6, 6.07) is 8.44. The first-order valence-corrected chi connectivity index (χ1v) is 8.77. The monoisotopic (exact) mass is 388 g/mol. The van der Waals surface area contributed by atoms with Gasteiger partial charge in [0.25, 0.3) is 5.56 Å².